The van der Waals surface area contributed by atoms with Gasteiger partial charge >= 0.3 is 0 Å². The van der Waals surface area contributed by atoms with E-state index in [2.05, 4.69) is 20.9 Å². The molecule has 0 aliphatic carbocycles. The fraction of sp³-hybridized carbons (Fsp3) is 0.200. The topological polar surface area (TPSA) is 81.9 Å². The summed E-state index contributed by atoms with van der Waals surface area (Å²) in [5, 5.41) is 17.3. The first-order valence-electron chi connectivity index (χ1n) is 4.46. The lowest BCUT2D eigenvalue weighted by Gasteiger charge is -2.08. The lowest BCUT2D eigenvalue weighted by molar-refractivity contribution is -0.122. The van der Waals surface area contributed by atoms with Crippen LogP contribution in [-0.4, -0.2) is 28.7 Å². The Balaban J connectivity index is 3.26. The van der Waals surface area contributed by atoms with Gasteiger partial charge < -0.3 is 5.11 Å². The fourth-order valence-corrected chi connectivity index (χ4v) is 1.61. The van der Waals surface area contributed by atoms with E-state index in [9.17, 15) is 4.79 Å². The number of carbonyl (C=O) groups is 1. The molecule has 0 atom stereocenters. The molecule has 0 heterocycles. The molecule has 0 unspecified atom stereocenters. The van der Waals surface area contributed by atoms with Crippen molar-refractivity contribution in [2.24, 2.45) is 4.99 Å². The van der Waals surface area contributed by atoms with E-state index in [0.29, 0.717) is 5.56 Å². The third-order valence-electron chi connectivity index (χ3n) is 2.00. The van der Waals surface area contributed by atoms with Crippen LogP contribution in [0.25, 0.3) is 0 Å². The lowest BCUT2D eigenvalue weighted by atomic mass is 10.0. The summed E-state index contributed by atoms with van der Waals surface area (Å²) in [6.45, 7) is 1.29. The summed E-state index contributed by atoms with van der Waals surface area (Å²) in [6.07, 6.45) is 0. The Hall–Kier alpha value is -1.24. The second-order valence-corrected chi connectivity index (χ2v) is 3.96. The molecule has 1 rings (SSSR count). The molecule has 0 radical (unpaired) electrons. The summed E-state index contributed by atoms with van der Waals surface area (Å²) in [7, 11) is 0. The number of nitrogens with one attached hydrogen (secondary N) is 1. The van der Waals surface area contributed by atoms with Gasteiger partial charge in [-0.1, -0.05) is 22.0 Å². The maximum absolute atomic E-state index is 11.3. The number of rotatable bonds is 3. The van der Waals surface area contributed by atoms with Crippen LogP contribution in [0.5, 0.6) is 0 Å². The van der Waals surface area contributed by atoms with Gasteiger partial charge in [-0.25, -0.2) is 5.48 Å². The second kappa shape index (κ2) is 5.74. The number of nitrogens with zero attached hydrogens (tertiary/aromatic N) is 1. The molecule has 1 amide bonds. The highest BCUT2D eigenvalue weighted by Crippen LogP contribution is 2.17. The Bertz CT molecular complexity index is 432. The van der Waals surface area contributed by atoms with Crippen LogP contribution in [0.15, 0.2) is 27.7 Å². The molecular weight excluding hydrogens is 276 g/mol. The molecule has 0 aliphatic heterocycles. The number of hydroxylamine groups is 1. The smallest absolute Gasteiger partial charge is 0.293 e. The zero-order chi connectivity index (χ0) is 12.1. The van der Waals surface area contributed by atoms with Crippen molar-refractivity contribution in [3.8, 4) is 0 Å². The summed E-state index contributed by atoms with van der Waals surface area (Å²) >= 11 is 3.28. The number of hydrogen-bond donors (Lipinski definition) is 3. The normalized spacial score (nSPS) is 11.4. The SMILES string of the molecule is Cc1ccc(Br)cc1/C(=N\CO)C(=O)NO. The van der Waals surface area contributed by atoms with Crippen LogP contribution >= 0.6 is 15.9 Å². The van der Waals surface area contributed by atoms with E-state index >= 15 is 0 Å². The van der Waals surface area contributed by atoms with Crippen molar-refractivity contribution >= 4 is 27.5 Å². The van der Waals surface area contributed by atoms with Gasteiger partial charge in [0.15, 0.2) is 0 Å². The first-order chi connectivity index (χ1) is 7.60. The summed E-state index contributed by atoms with van der Waals surface area (Å²) in [4.78, 5) is 15.0. The summed E-state index contributed by atoms with van der Waals surface area (Å²) in [6, 6.07) is 5.32. The highest BCUT2D eigenvalue weighted by atomic mass is 79.9. The van der Waals surface area contributed by atoms with Crippen LogP contribution in [-0.2, 0) is 4.79 Å². The van der Waals surface area contributed by atoms with Gasteiger partial charge in [-0.05, 0) is 24.6 Å². The van der Waals surface area contributed by atoms with Crippen LogP contribution in [0.1, 0.15) is 11.1 Å². The largest absolute Gasteiger partial charge is 0.375 e. The van der Waals surface area contributed by atoms with Crippen LogP contribution in [0.2, 0.25) is 0 Å². The van der Waals surface area contributed by atoms with Crippen molar-refractivity contribution in [2.45, 2.75) is 6.92 Å². The number of hydrogen-bond acceptors (Lipinski definition) is 4. The monoisotopic (exact) mass is 286 g/mol. The average molecular weight is 287 g/mol. The first kappa shape index (κ1) is 12.8. The van der Waals surface area contributed by atoms with Crippen molar-refractivity contribution in [2.75, 3.05) is 6.73 Å². The molecule has 0 bridgehead atoms. The molecule has 0 fully saturated rings. The molecule has 3 N–H and O–H groups in total. The lowest BCUT2D eigenvalue weighted by Crippen LogP contribution is -2.29. The van der Waals surface area contributed by atoms with Crippen molar-refractivity contribution in [1.29, 1.82) is 0 Å². The van der Waals surface area contributed by atoms with Gasteiger partial charge in [0.2, 0.25) is 0 Å². The summed E-state index contributed by atoms with van der Waals surface area (Å²) in [5.74, 6) is -0.754. The maximum atomic E-state index is 11.3. The average Bonchev–Trinajstić information content (AvgIpc) is 2.28. The molecule has 0 spiro atoms. The second-order valence-electron chi connectivity index (χ2n) is 3.05. The zero-order valence-electron chi connectivity index (χ0n) is 8.57. The van der Waals surface area contributed by atoms with Gasteiger partial charge in [0.1, 0.15) is 12.4 Å². The summed E-state index contributed by atoms with van der Waals surface area (Å²) in [5.41, 5.74) is 2.86. The molecule has 5 nitrogen and oxygen atoms in total. The standard InChI is InChI=1S/C10H11BrN2O3/c1-6-2-3-7(11)4-8(6)9(12-5-14)10(15)13-16/h2-4,14,16H,5H2,1H3,(H,13,15)/b12-9+. The van der Waals surface area contributed by atoms with Crippen molar-refractivity contribution < 1.29 is 15.1 Å². The minimum Gasteiger partial charge on any atom is -0.375 e. The van der Waals surface area contributed by atoms with Gasteiger partial charge in [0.25, 0.3) is 5.91 Å². The number of aliphatic hydroxyl groups is 1. The molecule has 0 aliphatic rings. The van der Waals surface area contributed by atoms with E-state index in [4.69, 9.17) is 10.3 Å². The highest BCUT2D eigenvalue weighted by molar-refractivity contribution is 9.10. The minimum absolute atomic E-state index is 0.0104. The van der Waals surface area contributed by atoms with Crippen LogP contribution in [0.3, 0.4) is 0 Å². The van der Waals surface area contributed by atoms with Crippen LogP contribution < -0.4 is 5.48 Å². The molecule has 16 heavy (non-hydrogen) atoms. The predicted molar refractivity (Wildman–Crippen MR) is 62.4 cm³/mol. The van der Waals surface area contributed by atoms with E-state index in [-0.39, 0.29) is 5.71 Å². The van der Waals surface area contributed by atoms with Gasteiger partial charge in [-0.3, -0.25) is 15.0 Å². The van der Waals surface area contributed by atoms with Gasteiger partial charge in [-0.2, -0.15) is 0 Å². The van der Waals surface area contributed by atoms with E-state index < -0.39 is 12.6 Å². The molecule has 0 aromatic heterocycles. The Labute approximate surface area is 101 Å². The molecule has 86 valence electrons. The van der Waals surface area contributed by atoms with E-state index in [1.54, 1.807) is 19.1 Å². The number of aliphatic hydroxyl groups excluding tert-OH is 1. The minimum atomic E-state index is -0.754. The van der Waals surface area contributed by atoms with Gasteiger partial charge in [-0.15, -0.1) is 0 Å². The molecule has 0 saturated heterocycles. The molecule has 1 aromatic carbocycles. The third-order valence-corrected chi connectivity index (χ3v) is 2.49. The number of amides is 1. The third kappa shape index (κ3) is 2.88. The van der Waals surface area contributed by atoms with Gasteiger partial charge in [0, 0.05) is 10.0 Å². The van der Waals surface area contributed by atoms with Crippen LogP contribution in [0, 0.1) is 6.92 Å². The molecule has 1 aromatic rings. The van der Waals surface area contributed by atoms with Crippen molar-refractivity contribution in [1.82, 2.24) is 5.48 Å². The zero-order valence-corrected chi connectivity index (χ0v) is 10.2. The van der Waals surface area contributed by atoms with Crippen LogP contribution in [0.4, 0.5) is 0 Å². The van der Waals surface area contributed by atoms with E-state index in [1.165, 1.54) is 5.48 Å². The van der Waals surface area contributed by atoms with Gasteiger partial charge in [0.05, 0.1) is 0 Å². The van der Waals surface area contributed by atoms with Crippen molar-refractivity contribution in [3.05, 3.63) is 33.8 Å². The number of aryl methyl sites for hydroxylation is 1. The quantitative estimate of drug-likeness (QED) is 0.440. The Kier molecular flexibility index (Phi) is 4.60. The first-order valence-corrected chi connectivity index (χ1v) is 5.25. The van der Waals surface area contributed by atoms with Crippen molar-refractivity contribution in [3.63, 3.8) is 0 Å². The Morgan fingerprint density at radius 1 is 1.56 bits per heavy atom. The van der Waals surface area contributed by atoms with E-state index in [0.717, 1.165) is 10.0 Å². The number of carbonyl (C=O) groups excluding carboxylic acids is 1. The number of benzene rings is 1. The molecular formula is C10H11BrN2O3. The Morgan fingerprint density at radius 2 is 2.25 bits per heavy atom. The predicted octanol–water partition coefficient (Wildman–Crippen LogP) is 1.00. The number of halogens is 1. The summed E-state index contributed by atoms with van der Waals surface area (Å²) < 4.78 is 0.782. The highest BCUT2D eigenvalue weighted by Gasteiger charge is 2.15. The Morgan fingerprint density at radius 3 is 2.81 bits per heavy atom. The van der Waals surface area contributed by atoms with E-state index in [1.807, 2.05) is 6.07 Å². The fourth-order valence-electron chi connectivity index (χ4n) is 1.25. The molecule has 6 heteroatoms. The molecule has 0 saturated carbocycles. The number of aliphatic imine (C=N–C) groups is 1. The maximum Gasteiger partial charge on any atom is 0.293 e.